The van der Waals surface area contributed by atoms with Crippen LogP contribution in [0.4, 0.5) is 0 Å². The highest BCUT2D eigenvalue weighted by molar-refractivity contribution is 6.09. The van der Waals surface area contributed by atoms with Crippen LogP contribution in [0.5, 0.6) is 11.5 Å². The molecule has 0 saturated heterocycles. The molecule has 0 heterocycles. The fourth-order valence-electron chi connectivity index (χ4n) is 2.84. The van der Waals surface area contributed by atoms with E-state index in [1.807, 2.05) is 30.3 Å². The van der Waals surface area contributed by atoms with E-state index < -0.39 is 5.97 Å². The molecule has 0 N–H and O–H groups in total. The lowest BCUT2D eigenvalue weighted by atomic mass is 10.1. The van der Waals surface area contributed by atoms with Gasteiger partial charge in [-0.15, -0.1) is 0 Å². The zero-order valence-corrected chi connectivity index (χ0v) is 16.8. The molecule has 0 aliphatic carbocycles. The van der Waals surface area contributed by atoms with E-state index in [2.05, 4.69) is 0 Å². The van der Waals surface area contributed by atoms with Crippen LogP contribution in [0.3, 0.4) is 0 Å². The van der Waals surface area contributed by atoms with Gasteiger partial charge in [-0.3, -0.25) is 4.79 Å². The number of allylic oxidation sites excluding steroid dienone is 1. The summed E-state index contributed by atoms with van der Waals surface area (Å²) in [6.45, 7) is 0.346. The van der Waals surface area contributed by atoms with Crippen LogP contribution in [0.2, 0.25) is 0 Å². The molecule has 3 aromatic carbocycles. The summed E-state index contributed by atoms with van der Waals surface area (Å²) in [5.41, 5.74) is 2.52. The molecule has 152 valence electrons. The van der Waals surface area contributed by atoms with Gasteiger partial charge in [0.15, 0.2) is 5.78 Å². The summed E-state index contributed by atoms with van der Waals surface area (Å²) < 4.78 is 15.9. The Hall–Kier alpha value is -3.86. The topological polar surface area (TPSA) is 61.8 Å². The quantitative estimate of drug-likeness (QED) is 0.303. The molecule has 0 unspecified atom stereocenters. The third-order valence-electron chi connectivity index (χ3n) is 4.42. The summed E-state index contributed by atoms with van der Waals surface area (Å²) in [7, 11) is 2.87. The predicted molar refractivity (Wildman–Crippen MR) is 115 cm³/mol. The van der Waals surface area contributed by atoms with Crippen molar-refractivity contribution in [2.45, 2.75) is 6.61 Å². The predicted octanol–water partition coefficient (Wildman–Crippen LogP) is 4.96. The number of ketones is 1. The largest absolute Gasteiger partial charge is 0.497 e. The van der Waals surface area contributed by atoms with Crippen LogP contribution in [0, 0.1) is 0 Å². The monoisotopic (exact) mass is 402 g/mol. The highest BCUT2D eigenvalue weighted by Crippen LogP contribution is 2.26. The fourth-order valence-corrected chi connectivity index (χ4v) is 2.84. The van der Waals surface area contributed by atoms with Crippen molar-refractivity contribution in [3.63, 3.8) is 0 Å². The normalized spacial score (nSPS) is 10.6. The lowest BCUT2D eigenvalue weighted by Crippen LogP contribution is -2.03. The molecule has 0 bridgehead atoms. The van der Waals surface area contributed by atoms with Gasteiger partial charge < -0.3 is 14.2 Å². The van der Waals surface area contributed by atoms with E-state index in [0.717, 1.165) is 5.56 Å². The van der Waals surface area contributed by atoms with E-state index in [9.17, 15) is 9.59 Å². The van der Waals surface area contributed by atoms with Crippen LogP contribution in [-0.2, 0) is 11.3 Å². The molecule has 3 aromatic rings. The number of rotatable bonds is 8. The number of hydrogen-bond donors (Lipinski definition) is 0. The minimum Gasteiger partial charge on any atom is -0.497 e. The molecule has 0 aliphatic heterocycles. The van der Waals surface area contributed by atoms with Gasteiger partial charge in [0.1, 0.15) is 18.1 Å². The van der Waals surface area contributed by atoms with Crippen molar-refractivity contribution in [2.75, 3.05) is 14.2 Å². The molecule has 0 spiro atoms. The zero-order chi connectivity index (χ0) is 21.3. The number of methoxy groups -OCH3 is 2. The van der Waals surface area contributed by atoms with Crippen molar-refractivity contribution < 1.29 is 23.8 Å². The van der Waals surface area contributed by atoms with Gasteiger partial charge in [-0.25, -0.2) is 4.79 Å². The Morgan fingerprint density at radius 1 is 0.900 bits per heavy atom. The molecular formula is C25H22O5. The lowest BCUT2D eigenvalue weighted by molar-refractivity contribution is 0.0600. The van der Waals surface area contributed by atoms with Crippen LogP contribution in [0.15, 0.2) is 78.9 Å². The SMILES string of the molecule is COC(=O)c1cccc(/C=C/C(=O)c2cc(OC)ccc2OCc2ccccc2)c1. The first-order valence-corrected chi connectivity index (χ1v) is 9.36. The van der Waals surface area contributed by atoms with Crippen molar-refractivity contribution in [3.05, 3.63) is 101 Å². The minimum absolute atomic E-state index is 0.236. The second-order valence-electron chi connectivity index (χ2n) is 6.45. The maximum Gasteiger partial charge on any atom is 0.337 e. The van der Waals surface area contributed by atoms with Gasteiger partial charge in [0.25, 0.3) is 0 Å². The van der Waals surface area contributed by atoms with Gasteiger partial charge in [0, 0.05) is 0 Å². The highest BCUT2D eigenvalue weighted by atomic mass is 16.5. The van der Waals surface area contributed by atoms with E-state index in [0.29, 0.717) is 34.8 Å². The third-order valence-corrected chi connectivity index (χ3v) is 4.42. The van der Waals surface area contributed by atoms with Crippen molar-refractivity contribution in [1.82, 2.24) is 0 Å². The van der Waals surface area contributed by atoms with Crippen molar-refractivity contribution >= 4 is 17.8 Å². The van der Waals surface area contributed by atoms with Gasteiger partial charge in [-0.1, -0.05) is 48.5 Å². The first-order chi connectivity index (χ1) is 14.6. The number of benzene rings is 3. The minimum atomic E-state index is -0.430. The number of hydrogen-bond acceptors (Lipinski definition) is 5. The smallest absolute Gasteiger partial charge is 0.337 e. The van der Waals surface area contributed by atoms with E-state index in [4.69, 9.17) is 14.2 Å². The van der Waals surface area contributed by atoms with E-state index >= 15 is 0 Å². The maximum atomic E-state index is 12.9. The summed E-state index contributed by atoms with van der Waals surface area (Å²) in [6, 6.07) is 21.7. The summed E-state index contributed by atoms with van der Waals surface area (Å²) in [5.74, 6) is 0.366. The molecule has 0 atom stereocenters. The summed E-state index contributed by atoms with van der Waals surface area (Å²) >= 11 is 0. The molecule has 0 aromatic heterocycles. The Balaban J connectivity index is 1.81. The van der Waals surface area contributed by atoms with Crippen molar-refractivity contribution in [2.24, 2.45) is 0 Å². The first kappa shape index (κ1) is 20.9. The van der Waals surface area contributed by atoms with Crippen LogP contribution in [-0.4, -0.2) is 26.0 Å². The summed E-state index contributed by atoms with van der Waals surface area (Å²) in [4.78, 5) is 24.6. The summed E-state index contributed by atoms with van der Waals surface area (Å²) in [6.07, 6.45) is 3.09. The van der Waals surface area contributed by atoms with Crippen LogP contribution in [0.25, 0.3) is 6.08 Å². The Labute approximate surface area is 175 Å². The molecule has 5 nitrogen and oxygen atoms in total. The fraction of sp³-hybridized carbons (Fsp3) is 0.120. The average molecular weight is 402 g/mol. The second kappa shape index (κ2) is 10.1. The van der Waals surface area contributed by atoms with Gasteiger partial charge in [0.05, 0.1) is 25.3 Å². The Morgan fingerprint density at radius 3 is 2.43 bits per heavy atom. The van der Waals surface area contributed by atoms with Crippen molar-refractivity contribution in [3.8, 4) is 11.5 Å². The highest BCUT2D eigenvalue weighted by Gasteiger charge is 2.13. The molecule has 30 heavy (non-hydrogen) atoms. The molecule has 5 heteroatoms. The maximum absolute atomic E-state index is 12.9. The zero-order valence-electron chi connectivity index (χ0n) is 16.8. The Kier molecular flexibility index (Phi) is 7.00. The van der Waals surface area contributed by atoms with Crippen LogP contribution >= 0.6 is 0 Å². The van der Waals surface area contributed by atoms with Gasteiger partial charge >= 0.3 is 5.97 Å². The van der Waals surface area contributed by atoms with Crippen LogP contribution < -0.4 is 9.47 Å². The molecular weight excluding hydrogens is 380 g/mol. The first-order valence-electron chi connectivity index (χ1n) is 9.36. The van der Waals surface area contributed by atoms with E-state index in [-0.39, 0.29) is 5.78 Å². The Morgan fingerprint density at radius 2 is 1.70 bits per heavy atom. The van der Waals surface area contributed by atoms with Crippen molar-refractivity contribution in [1.29, 1.82) is 0 Å². The number of carbonyl (C=O) groups is 2. The van der Waals surface area contributed by atoms with E-state index in [1.54, 1.807) is 55.7 Å². The number of carbonyl (C=O) groups excluding carboxylic acids is 2. The standard InChI is InChI=1S/C25H22O5/c1-28-21-12-14-24(30-17-19-7-4-3-5-8-19)22(16-21)23(26)13-11-18-9-6-10-20(15-18)25(27)29-2/h3-16H,17H2,1-2H3/b13-11+. The second-order valence-corrected chi connectivity index (χ2v) is 6.45. The molecule has 0 radical (unpaired) electrons. The number of esters is 1. The molecule has 0 amide bonds. The van der Waals surface area contributed by atoms with Crippen LogP contribution in [0.1, 0.15) is 31.8 Å². The van der Waals surface area contributed by atoms with Gasteiger partial charge in [0.2, 0.25) is 0 Å². The molecule has 3 rings (SSSR count). The third kappa shape index (κ3) is 5.35. The van der Waals surface area contributed by atoms with E-state index in [1.165, 1.54) is 13.2 Å². The average Bonchev–Trinajstić information content (AvgIpc) is 2.81. The lowest BCUT2D eigenvalue weighted by Gasteiger charge is -2.11. The molecule has 0 aliphatic rings. The number of ether oxygens (including phenoxy) is 3. The Bertz CT molecular complexity index is 1050. The van der Waals surface area contributed by atoms with Gasteiger partial charge in [-0.2, -0.15) is 0 Å². The summed E-state index contributed by atoms with van der Waals surface area (Å²) in [5, 5.41) is 0. The molecule has 0 fully saturated rings. The van der Waals surface area contributed by atoms with Gasteiger partial charge in [-0.05, 0) is 47.5 Å². The molecule has 0 saturated carbocycles.